The summed E-state index contributed by atoms with van der Waals surface area (Å²) in [4.78, 5) is 12.4. The van der Waals surface area contributed by atoms with Crippen LogP contribution in [0.5, 0.6) is 11.5 Å². The van der Waals surface area contributed by atoms with Crippen LogP contribution in [0.25, 0.3) is 0 Å². The van der Waals surface area contributed by atoms with Crippen LogP contribution in [0.3, 0.4) is 0 Å². The molecule has 0 aliphatic carbocycles. The fourth-order valence-electron chi connectivity index (χ4n) is 1.35. The van der Waals surface area contributed by atoms with Crippen LogP contribution in [0, 0.1) is 0 Å². The highest BCUT2D eigenvalue weighted by atomic mass is 32.1. The Labute approximate surface area is 104 Å². The largest absolute Gasteiger partial charge is 0.497 e. The Morgan fingerprint density at radius 3 is 2.76 bits per heavy atom. The fourth-order valence-corrected chi connectivity index (χ4v) is 2.00. The van der Waals surface area contributed by atoms with E-state index in [2.05, 4.69) is 0 Å². The van der Waals surface area contributed by atoms with Gasteiger partial charge in [-0.2, -0.15) is 0 Å². The number of carbonyl (C=O) groups is 1. The number of ketones is 1. The maximum atomic E-state index is 11.7. The van der Waals surface area contributed by atoms with Gasteiger partial charge in [0, 0.05) is 6.07 Å². The van der Waals surface area contributed by atoms with Gasteiger partial charge in [-0.1, -0.05) is 12.1 Å². The Bertz CT molecular complexity index is 491. The molecular formula is C13H12O3S. The first kappa shape index (κ1) is 11.7. The van der Waals surface area contributed by atoms with E-state index in [4.69, 9.17) is 9.47 Å². The van der Waals surface area contributed by atoms with E-state index in [1.54, 1.807) is 25.3 Å². The van der Waals surface area contributed by atoms with Gasteiger partial charge in [0.05, 0.1) is 12.0 Å². The third-order valence-corrected chi connectivity index (χ3v) is 3.12. The first-order valence-electron chi connectivity index (χ1n) is 5.13. The Morgan fingerprint density at radius 2 is 2.06 bits per heavy atom. The third-order valence-electron chi connectivity index (χ3n) is 2.21. The second-order valence-corrected chi connectivity index (χ2v) is 4.32. The van der Waals surface area contributed by atoms with Crippen molar-refractivity contribution in [1.29, 1.82) is 0 Å². The molecule has 3 nitrogen and oxygen atoms in total. The van der Waals surface area contributed by atoms with Crippen molar-refractivity contribution in [1.82, 2.24) is 0 Å². The Morgan fingerprint density at radius 1 is 1.24 bits per heavy atom. The molecule has 1 aromatic carbocycles. The Balaban J connectivity index is 1.95. The lowest BCUT2D eigenvalue weighted by Crippen LogP contribution is -2.09. The zero-order valence-electron chi connectivity index (χ0n) is 9.38. The molecule has 0 radical (unpaired) electrons. The van der Waals surface area contributed by atoms with Crippen LogP contribution in [0.4, 0.5) is 0 Å². The number of methoxy groups -OCH3 is 1. The molecule has 17 heavy (non-hydrogen) atoms. The van der Waals surface area contributed by atoms with Crippen LogP contribution in [0.1, 0.15) is 9.67 Å². The van der Waals surface area contributed by atoms with Gasteiger partial charge >= 0.3 is 0 Å². The van der Waals surface area contributed by atoms with Crippen molar-refractivity contribution < 1.29 is 14.3 Å². The highest BCUT2D eigenvalue weighted by molar-refractivity contribution is 7.12. The average molecular weight is 248 g/mol. The summed E-state index contributed by atoms with van der Waals surface area (Å²) in [7, 11) is 1.59. The highest BCUT2D eigenvalue weighted by Crippen LogP contribution is 2.19. The van der Waals surface area contributed by atoms with Crippen LogP contribution >= 0.6 is 11.3 Å². The van der Waals surface area contributed by atoms with Crippen LogP contribution in [-0.4, -0.2) is 19.5 Å². The second-order valence-electron chi connectivity index (χ2n) is 3.37. The minimum atomic E-state index is -0.0113. The van der Waals surface area contributed by atoms with Gasteiger partial charge in [-0.15, -0.1) is 11.3 Å². The molecule has 0 atom stereocenters. The molecular weight excluding hydrogens is 236 g/mol. The van der Waals surface area contributed by atoms with E-state index < -0.39 is 0 Å². The van der Waals surface area contributed by atoms with Gasteiger partial charge in [-0.05, 0) is 23.6 Å². The lowest BCUT2D eigenvalue weighted by Gasteiger charge is -2.06. The van der Waals surface area contributed by atoms with Gasteiger partial charge in [0.1, 0.15) is 11.5 Å². The molecule has 2 rings (SSSR count). The first-order chi connectivity index (χ1) is 8.29. The summed E-state index contributed by atoms with van der Waals surface area (Å²) in [5.74, 6) is 1.34. The molecule has 0 aliphatic rings. The van der Waals surface area contributed by atoms with Crippen molar-refractivity contribution in [3.05, 3.63) is 46.7 Å². The number of benzene rings is 1. The summed E-state index contributed by atoms with van der Waals surface area (Å²) in [6.45, 7) is 0.0493. The fraction of sp³-hybridized carbons (Fsp3) is 0.154. The summed E-state index contributed by atoms with van der Waals surface area (Å²) in [6.07, 6.45) is 0. The molecule has 0 unspecified atom stereocenters. The van der Waals surface area contributed by atoms with E-state index in [0.717, 1.165) is 0 Å². The van der Waals surface area contributed by atoms with Gasteiger partial charge in [0.15, 0.2) is 6.61 Å². The number of carbonyl (C=O) groups excluding carboxylic acids is 1. The average Bonchev–Trinajstić information content (AvgIpc) is 2.90. The second kappa shape index (κ2) is 5.50. The van der Waals surface area contributed by atoms with Crippen molar-refractivity contribution in [2.45, 2.75) is 0 Å². The summed E-state index contributed by atoms with van der Waals surface area (Å²) >= 11 is 1.42. The standard InChI is InChI=1S/C13H12O3S/c1-15-10-4-2-5-11(8-10)16-9-12(14)13-6-3-7-17-13/h2-8H,9H2,1H3. The van der Waals surface area contributed by atoms with Gasteiger partial charge in [-0.25, -0.2) is 0 Å². The zero-order valence-corrected chi connectivity index (χ0v) is 10.2. The normalized spacial score (nSPS) is 9.94. The third kappa shape index (κ3) is 3.07. The van der Waals surface area contributed by atoms with E-state index in [0.29, 0.717) is 16.4 Å². The molecule has 0 bridgehead atoms. The predicted octanol–water partition coefficient (Wildman–Crippen LogP) is 3.02. The lowest BCUT2D eigenvalue weighted by molar-refractivity contribution is 0.0925. The molecule has 0 aliphatic heterocycles. The summed E-state index contributed by atoms with van der Waals surface area (Å²) in [6, 6.07) is 10.8. The van der Waals surface area contributed by atoms with Gasteiger partial charge in [0.25, 0.3) is 0 Å². The SMILES string of the molecule is COc1cccc(OCC(=O)c2cccs2)c1. The first-order valence-corrected chi connectivity index (χ1v) is 6.01. The molecule has 0 amide bonds. The topological polar surface area (TPSA) is 35.5 Å². The van der Waals surface area contributed by atoms with E-state index in [9.17, 15) is 4.79 Å². The van der Waals surface area contributed by atoms with Crippen LogP contribution in [-0.2, 0) is 0 Å². The van der Waals surface area contributed by atoms with Crippen molar-refractivity contribution in [2.75, 3.05) is 13.7 Å². The molecule has 1 heterocycles. The lowest BCUT2D eigenvalue weighted by atomic mass is 10.3. The Kier molecular flexibility index (Phi) is 3.77. The maximum Gasteiger partial charge on any atom is 0.210 e. The number of Topliss-reactive ketones (excluding diaryl/α,β-unsaturated/α-hetero) is 1. The smallest absolute Gasteiger partial charge is 0.210 e. The molecule has 2 aromatic rings. The van der Waals surface area contributed by atoms with Crippen LogP contribution in [0.15, 0.2) is 41.8 Å². The van der Waals surface area contributed by atoms with Gasteiger partial charge in [0.2, 0.25) is 5.78 Å². The molecule has 0 N–H and O–H groups in total. The molecule has 0 saturated heterocycles. The predicted molar refractivity (Wildman–Crippen MR) is 67.1 cm³/mol. The number of rotatable bonds is 5. The molecule has 88 valence electrons. The minimum absolute atomic E-state index is 0.0113. The van der Waals surface area contributed by atoms with Crippen LogP contribution in [0.2, 0.25) is 0 Å². The zero-order chi connectivity index (χ0) is 12.1. The van der Waals surface area contributed by atoms with E-state index >= 15 is 0 Å². The Hall–Kier alpha value is -1.81. The van der Waals surface area contributed by atoms with Crippen molar-refractivity contribution in [2.24, 2.45) is 0 Å². The van der Waals surface area contributed by atoms with E-state index in [-0.39, 0.29) is 12.4 Å². The molecule has 0 fully saturated rings. The number of hydrogen-bond acceptors (Lipinski definition) is 4. The van der Waals surface area contributed by atoms with Crippen molar-refractivity contribution in [3.8, 4) is 11.5 Å². The van der Waals surface area contributed by atoms with Gasteiger partial charge in [-0.3, -0.25) is 4.79 Å². The summed E-state index contributed by atoms with van der Waals surface area (Å²) in [5.41, 5.74) is 0. The van der Waals surface area contributed by atoms with Gasteiger partial charge < -0.3 is 9.47 Å². The van der Waals surface area contributed by atoms with Crippen molar-refractivity contribution >= 4 is 17.1 Å². The number of thiophene rings is 1. The quantitative estimate of drug-likeness (QED) is 0.763. The molecule has 4 heteroatoms. The monoisotopic (exact) mass is 248 g/mol. The summed E-state index contributed by atoms with van der Waals surface area (Å²) in [5, 5.41) is 1.87. The molecule has 1 aromatic heterocycles. The van der Waals surface area contributed by atoms with E-state index in [1.165, 1.54) is 11.3 Å². The number of hydrogen-bond donors (Lipinski definition) is 0. The number of ether oxygens (including phenoxy) is 2. The maximum absolute atomic E-state index is 11.7. The highest BCUT2D eigenvalue weighted by Gasteiger charge is 2.07. The minimum Gasteiger partial charge on any atom is -0.497 e. The van der Waals surface area contributed by atoms with Crippen LogP contribution < -0.4 is 9.47 Å². The van der Waals surface area contributed by atoms with E-state index in [1.807, 2.05) is 23.6 Å². The molecule has 0 spiro atoms. The summed E-state index contributed by atoms with van der Waals surface area (Å²) < 4.78 is 10.5. The van der Waals surface area contributed by atoms with Crippen molar-refractivity contribution in [3.63, 3.8) is 0 Å². The molecule has 0 saturated carbocycles.